The summed E-state index contributed by atoms with van der Waals surface area (Å²) in [6.45, 7) is 2.06. The predicted molar refractivity (Wildman–Crippen MR) is 77.9 cm³/mol. The van der Waals surface area contributed by atoms with Crippen LogP contribution >= 0.6 is 0 Å². The molecule has 1 N–H and O–H groups in total. The maximum absolute atomic E-state index is 12.3. The van der Waals surface area contributed by atoms with Crippen LogP contribution in [-0.4, -0.2) is 5.91 Å². The van der Waals surface area contributed by atoms with Crippen molar-refractivity contribution in [3.8, 4) is 0 Å². The number of anilines is 1. The van der Waals surface area contributed by atoms with Crippen molar-refractivity contribution in [3.05, 3.63) is 42.0 Å². The van der Waals surface area contributed by atoms with Crippen LogP contribution in [0.15, 0.2) is 36.4 Å². The largest absolute Gasteiger partial charge is 0.326 e. The average molecular weight is 255 g/mol. The van der Waals surface area contributed by atoms with Crippen LogP contribution in [0, 0.1) is 24.7 Å². The minimum absolute atomic E-state index is 0.223. The van der Waals surface area contributed by atoms with Gasteiger partial charge in [0.25, 0.3) is 0 Å². The molecule has 0 aliphatic heterocycles. The van der Waals surface area contributed by atoms with Crippen molar-refractivity contribution in [2.45, 2.75) is 32.6 Å². The smallest absolute Gasteiger partial charge is 0.228 e. The first-order chi connectivity index (χ1) is 9.25. The lowest BCUT2D eigenvalue weighted by atomic mass is 10.1. The molecule has 0 aromatic heterocycles. The summed E-state index contributed by atoms with van der Waals surface area (Å²) in [6.07, 6.45) is 9.15. The van der Waals surface area contributed by atoms with Crippen molar-refractivity contribution in [2.24, 2.45) is 17.8 Å². The van der Waals surface area contributed by atoms with Crippen molar-refractivity contribution in [3.63, 3.8) is 0 Å². The number of amides is 1. The third-order valence-corrected chi connectivity index (χ3v) is 4.45. The highest BCUT2D eigenvalue weighted by Gasteiger charge is 2.53. The molecular formula is C17H21NO. The monoisotopic (exact) mass is 255 g/mol. The van der Waals surface area contributed by atoms with E-state index in [-0.39, 0.29) is 11.8 Å². The van der Waals surface area contributed by atoms with E-state index in [0.717, 1.165) is 18.5 Å². The van der Waals surface area contributed by atoms with Crippen LogP contribution in [0.1, 0.15) is 31.2 Å². The van der Waals surface area contributed by atoms with Crippen molar-refractivity contribution in [1.82, 2.24) is 0 Å². The van der Waals surface area contributed by atoms with E-state index in [2.05, 4.69) is 24.4 Å². The fourth-order valence-corrected chi connectivity index (χ4v) is 3.30. The Morgan fingerprint density at radius 1 is 1.05 bits per heavy atom. The van der Waals surface area contributed by atoms with E-state index in [0.29, 0.717) is 11.8 Å². The lowest BCUT2D eigenvalue weighted by molar-refractivity contribution is -0.117. The lowest BCUT2D eigenvalue weighted by Crippen LogP contribution is -2.15. The molecule has 2 atom stereocenters. The number of carbonyl (C=O) groups excluding carboxylic acids is 1. The van der Waals surface area contributed by atoms with Gasteiger partial charge in [-0.3, -0.25) is 4.79 Å². The number of fused-ring (bicyclic) bond motifs is 1. The second-order valence-electron chi connectivity index (χ2n) is 5.83. The summed E-state index contributed by atoms with van der Waals surface area (Å²) in [6, 6.07) is 8.05. The fraction of sp³-hybridized carbons (Fsp3) is 0.471. The average Bonchev–Trinajstić information content (AvgIpc) is 3.03. The molecule has 100 valence electrons. The molecule has 19 heavy (non-hydrogen) atoms. The Kier molecular flexibility index (Phi) is 3.41. The third kappa shape index (κ3) is 2.73. The summed E-state index contributed by atoms with van der Waals surface area (Å²) in [5, 5.41) is 3.07. The van der Waals surface area contributed by atoms with Crippen LogP contribution in [-0.2, 0) is 4.79 Å². The van der Waals surface area contributed by atoms with Crippen LogP contribution < -0.4 is 5.32 Å². The molecule has 1 aromatic carbocycles. The highest BCUT2D eigenvalue weighted by atomic mass is 16.2. The Hall–Kier alpha value is -1.57. The molecule has 1 amide bonds. The van der Waals surface area contributed by atoms with Gasteiger partial charge in [-0.2, -0.15) is 0 Å². The van der Waals surface area contributed by atoms with Gasteiger partial charge >= 0.3 is 0 Å². The normalized spacial score (nSPS) is 29.0. The Balaban J connectivity index is 1.61. The number of nitrogens with one attached hydrogen (secondary N) is 1. The Bertz CT molecular complexity index is 472. The molecule has 0 radical (unpaired) electrons. The second kappa shape index (κ2) is 5.20. The zero-order chi connectivity index (χ0) is 13.2. The van der Waals surface area contributed by atoms with E-state index < -0.39 is 0 Å². The molecule has 0 heterocycles. The molecule has 2 nitrogen and oxygen atoms in total. The molecule has 3 rings (SSSR count). The molecule has 2 heteroatoms. The fourth-order valence-electron chi connectivity index (χ4n) is 3.30. The number of aryl methyl sites for hydroxylation is 1. The van der Waals surface area contributed by atoms with Crippen molar-refractivity contribution in [1.29, 1.82) is 0 Å². The number of benzene rings is 1. The van der Waals surface area contributed by atoms with Gasteiger partial charge in [0.2, 0.25) is 5.91 Å². The van der Waals surface area contributed by atoms with Gasteiger partial charge in [-0.1, -0.05) is 29.8 Å². The summed E-state index contributed by atoms with van der Waals surface area (Å²) < 4.78 is 0. The predicted octanol–water partition coefficient (Wildman–Crippen LogP) is 3.93. The molecule has 0 saturated heterocycles. The first kappa shape index (κ1) is 12.5. The molecule has 1 fully saturated rings. The molecule has 0 spiro atoms. The molecule has 2 aliphatic rings. The van der Waals surface area contributed by atoms with E-state index in [4.69, 9.17) is 0 Å². The van der Waals surface area contributed by atoms with Gasteiger partial charge in [0.15, 0.2) is 0 Å². The highest BCUT2D eigenvalue weighted by Crippen LogP contribution is 2.53. The summed E-state index contributed by atoms with van der Waals surface area (Å²) >= 11 is 0. The zero-order valence-electron chi connectivity index (χ0n) is 11.4. The van der Waals surface area contributed by atoms with Crippen LogP contribution in [0.3, 0.4) is 0 Å². The minimum Gasteiger partial charge on any atom is -0.326 e. The summed E-state index contributed by atoms with van der Waals surface area (Å²) in [5.41, 5.74) is 2.14. The second-order valence-corrected chi connectivity index (χ2v) is 5.83. The summed E-state index contributed by atoms with van der Waals surface area (Å²) in [4.78, 5) is 12.3. The van der Waals surface area contributed by atoms with Gasteiger partial charge in [0, 0.05) is 11.6 Å². The van der Waals surface area contributed by atoms with Gasteiger partial charge in [-0.25, -0.2) is 0 Å². The maximum Gasteiger partial charge on any atom is 0.228 e. The molecule has 2 aliphatic carbocycles. The van der Waals surface area contributed by atoms with E-state index in [1.54, 1.807) is 0 Å². The number of allylic oxidation sites excluding steroid dienone is 2. The van der Waals surface area contributed by atoms with Crippen LogP contribution in [0.5, 0.6) is 0 Å². The maximum atomic E-state index is 12.3. The van der Waals surface area contributed by atoms with Crippen LogP contribution in [0.4, 0.5) is 5.69 Å². The van der Waals surface area contributed by atoms with E-state index in [1.807, 2.05) is 24.3 Å². The molecular weight excluding hydrogens is 234 g/mol. The minimum atomic E-state index is 0.223. The van der Waals surface area contributed by atoms with E-state index in [1.165, 1.54) is 18.4 Å². The first-order valence-corrected chi connectivity index (χ1v) is 7.28. The number of carbonyl (C=O) groups is 1. The quantitative estimate of drug-likeness (QED) is 0.797. The standard InChI is InChI=1S/C17H21NO/c1-12-8-10-13(11-9-12)18-17(19)16-14-6-4-2-3-5-7-15(14)16/h2-3,8-11,14-16H,4-7H2,1H3,(H,18,19). The molecule has 1 aromatic rings. The van der Waals surface area contributed by atoms with Crippen molar-refractivity contribution in [2.75, 3.05) is 5.32 Å². The molecule has 0 bridgehead atoms. The van der Waals surface area contributed by atoms with E-state index in [9.17, 15) is 4.79 Å². The Labute approximate surface area is 114 Å². The van der Waals surface area contributed by atoms with Crippen LogP contribution in [0.2, 0.25) is 0 Å². The highest BCUT2D eigenvalue weighted by molar-refractivity contribution is 5.94. The van der Waals surface area contributed by atoms with Crippen molar-refractivity contribution >= 4 is 11.6 Å². The third-order valence-electron chi connectivity index (χ3n) is 4.45. The Morgan fingerprint density at radius 2 is 1.63 bits per heavy atom. The zero-order valence-corrected chi connectivity index (χ0v) is 11.4. The van der Waals surface area contributed by atoms with Crippen molar-refractivity contribution < 1.29 is 4.79 Å². The lowest BCUT2D eigenvalue weighted by Gasteiger charge is -2.05. The van der Waals surface area contributed by atoms with Gasteiger partial charge < -0.3 is 5.32 Å². The first-order valence-electron chi connectivity index (χ1n) is 7.28. The number of hydrogen-bond acceptors (Lipinski definition) is 1. The topological polar surface area (TPSA) is 29.1 Å². The van der Waals surface area contributed by atoms with Gasteiger partial charge in [0.05, 0.1) is 0 Å². The molecule has 2 unspecified atom stereocenters. The van der Waals surface area contributed by atoms with Gasteiger partial charge in [-0.15, -0.1) is 0 Å². The van der Waals surface area contributed by atoms with Gasteiger partial charge in [0.1, 0.15) is 0 Å². The number of hydrogen-bond donors (Lipinski definition) is 1. The number of rotatable bonds is 2. The summed E-state index contributed by atoms with van der Waals surface area (Å²) in [5.74, 6) is 1.72. The molecule has 1 saturated carbocycles. The summed E-state index contributed by atoms with van der Waals surface area (Å²) in [7, 11) is 0. The van der Waals surface area contributed by atoms with Crippen LogP contribution in [0.25, 0.3) is 0 Å². The van der Waals surface area contributed by atoms with E-state index >= 15 is 0 Å². The van der Waals surface area contributed by atoms with Gasteiger partial charge in [-0.05, 0) is 56.6 Å². The Morgan fingerprint density at radius 3 is 2.21 bits per heavy atom. The SMILES string of the molecule is Cc1ccc(NC(=O)C2C3CCC=CCCC32)cc1.